The molecule has 1 amide bonds. The van der Waals surface area contributed by atoms with Crippen LogP contribution in [0.4, 0.5) is 5.69 Å². The lowest BCUT2D eigenvalue weighted by Crippen LogP contribution is -2.16. The number of rotatable bonds is 10. The Balaban J connectivity index is 1.59. The third kappa shape index (κ3) is 6.51. The predicted molar refractivity (Wildman–Crippen MR) is 133 cm³/mol. The van der Waals surface area contributed by atoms with Crippen molar-refractivity contribution >= 4 is 40.9 Å². The lowest BCUT2D eigenvalue weighted by atomic mass is 10.2. The third-order valence-electron chi connectivity index (χ3n) is 4.96. The van der Waals surface area contributed by atoms with Crippen molar-refractivity contribution in [2.45, 2.75) is 38.5 Å². The standard InChI is InChI=1S/C24H27ClN4O4S/c1-5-16-7-10-18(11-8-16)33-15(3)22-27-28-24(29(22)4)34-14-21(30)26-20-13-17(9-12-19(20)25)23(31)32-6-2/h7-13,15H,5-6,14H2,1-4H3,(H,26,30). The number of amides is 1. The highest BCUT2D eigenvalue weighted by molar-refractivity contribution is 7.99. The minimum Gasteiger partial charge on any atom is -0.483 e. The van der Waals surface area contributed by atoms with Gasteiger partial charge in [-0.05, 0) is 56.2 Å². The molecule has 3 aromatic rings. The zero-order valence-electron chi connectivity index (χ0n) is 19.5. The van der Waals surface area contributed by atoms with Gasteiger partial charge in [0.05, 0.1) is 28.6 Å². The summed E-state index contributed by atoms with van der Waals surface area (Å²) in [5, 5.41) is 12.1. The minimum absolute atomic E-state index is 0.0830. The second-order valence-corrected chi connectivity index (χ2v) is 8.76. The number of hydrogen-bond donors (Lipinski definition) is 1. The number of aryl methyl sites for hydroxylation is 1. The van der Waals surface area contributed by atoms with E-state index in [1.54, 1.807) is 23.6 Å². The molecule has 0 fully saturated rings. The topological polar surface area (TPSA) is 95.3 Å². The molecule has 2 aromatic carbocycles. The maximum Gasteiger partial charge on any atom is 0.338 e. The average Bonchev–Trinajstić information content (AvgIpc) is 3.20. The van der Waals surface area contributed by atoms with Gasteiger partial charge in [-0.25, -0.2) is 4.79 Å². The molecule has 34 heavy (non-hydrogen) atoms. The molecule has 1 atom stereocenters. The summed E-state index contributed by atoms with van der Waals surface area (Å²) < 4.78 is 12.8. The molecule has 1 aromatic heterocycles. The lowest BCUT2D eigenvalue weighted by Gasteiger charge is -2.14. The molecular formula is C24H27ClN4O4S. The fraction of sp³-hybridized carbons (Fsp3) is 0.333. The zero-order chi connectivity index (χ0) is 24.7. The van der Waals surface area contributed by atoms with Crippen LogP contribution < -0.4 is 10.1 Å². The van der Waals surface area contributed by atoms with Gasteiger partial charge in [0.25, 0.3) is 0 Å². The first kappa shape index (κ1) is 25.6. The smallest absolute Gasteiger partial charge is 0.338 e. The fourth-order valence-corrected chi connectivity index (χ4v) is 4.03. The summed E-state index contributed by atoms with van der Waals surface area (Å²) in [6.45, 7) is 5.99. The van der Waals surface area contributed by atoms with E-state index in [-0.39, 0.29) is 24.4 Å². The fourth-order valence-electron chi connectivity index (χ4n) is 3.15. The number of carbonyl (C=O) groups excluding carboxylic acids is 2. The van der Waals surface area contributed by atoms with Gasteiger partial charge in [-0.1, -0.05) is 42.4 Å². The molecule has 180 valence electrons. The summed E-state index contributed by atoms with van der Waals surface area (Å²) in [5.41, 5.74) is 1.89. The van der Waals surface area contributed by atoms with Gasteiger partial charge in [0.1, 0.15) is 5.75 Å². The van der Waals surface area contributed by atoms with E-state index >= 15 is 0 Å². The molecule has 10 heteroatoms. The van der Waals surface area contributed by atoms with Crippen molar-refractivity contribution in [3.8, 4) is 5.75 Å². The molecule has 3 rings (SSSR count). The molecule has 0 saturated carbocycles. The van der Waals surface area contributed by atoms with Crippen LogP contribution in [-0.4, -0.2) is 39.0 Å². The van der Waals surface area contributed by atoms with Gasteiger partial charge in [0, 0.05) is 7.05 Å². The van der Waals surface area contributed by atoms with Crippen LogP contribution in [0, 0.1) is 0 Å². The maximum absolute atomic E-state index is 12.5. The monoisotopic (exact) mass is 502 g/mol. The molecule has 1 unspecified atom stereocenters. The van der Waals surface area contributed by atoms with Gasteiger partial charge in [-0.15, -0.1) is 10.2 Å². The summed E-state index contributed by atoms with van der Waals surface area (Å²) in [4.78, 5) is 24.4. The molecule has 8 nitrogen and oxygen atoms in total. The number of aromatic nitrogens is 3. The molecule has 1 heterocycles. The zero-order valence-corrected chi connectivity index (χ0v) is 21.1. The number of carbonyl (C=O) groups is 2. The quantitative estimate of drug-likeness (QED) is 0.305. The summed E-state index contributed by atoms with van der Waals surface area (Å²) >= 11 is 7.41. The number of anilines is 1. The number of halogens is 1. The number of thioether (sulfide) groups is 1. The van der Waals surface area contributed by atoms with E-state index in [0.717, 1.165) is 12.2 Å². The minimum atomic E-state index is -0.478. The molecule has 0 spiro atoms. The van der Waals surface area contributed by atoms with Crippen molar-refractivity contribution in [1.29, 1.82) is 0 Å². The van der Waals surface area contributed by atoms with Crippen LogP contribution in [0.5, 0.6) is 5.75 Å². The Hall–Kier alpha value is -3.04. The summed E-state index contributed by atoms with van der Waals surface area (Å²) in [5.74, 6) is 0.710. The lowest BCUT2D eigenvalue weighted by molar-refractivity contribution is -0.113. The van der Waals surface area contributed by atoms with E-state index in [1.165, 1.54) is 23.4 Å². The molecule has 0 aliphatic carbocycles. The Bertz CT molecular complexity index is 1150. The first-order valence-corrected chi connectivity index (χ1v) is 12.2. The molecule has 0 radical (unpaired) electrons. The maximum atomic E-state index is 12.5. The molecule has 0 aliphatic heterocycles. The van der Waals surface area contributed by atoms with Gasteiger partial charge < -0.3 is 19.4 Å². The van der Waals surface area contributed by atoms with Gasteiger partial charge in [0.2, 0.25) is 5.91 Å². The van der Waals surface area contributed by atoms with E-state index in [1.807, 2.05) is 38.2 Å². The molecule has 1 N–H and O–H groups in total. The SMILES string of the molecule is CCOC(=O)c1ccc(Cl)c(NC(=O)CSc2nnc(C(C)Oc3ccc(CC)cc3)n2C)c1. The van der Waals surface area contributed by atoms with Crippen LogP contribution >= 0.6 is 23.4 Å². The van der Waals surface area contributed by atoms with E-state index < -0.39 is 5.97 Å². The molecule has 0 saturated heterocycles. The van der Waals surface area contributed by atoms with Crippen LogP contribution in [0.15, 0.2) is 47.6 Å². The van der Waals surface area contributed by atoms with Crippen LogP contribution in [0.3, 0.4) is 0 Å². The summed E-state index contributed by atoms with van der Waals surface area (Å²) in [7, 11) is 1.83. The Morgan fingerprint density at radius 3 is 2.56 bits per heavy atom. The highest BCUT2D eigenvalue weighted by Gasteiger charge is 2.19. The van der Waals surface area contributed by atoms with Crippen molar-refractivity contribution in [1.82, 2.24) is 14.8 Å². The summed E-state index contributed by atoms with van der Waals surface area (Å²) in [6.07, 6.45) is 0.647. The Morgan fingerprint density at radius 2 is 1.88 bits per heavy atom. The number of esters is 1. The van der Waals surface area contributed by atoms with E-state index in [2.05, 4.69) is 22.4 Å². The highest BCUT2D eigenvalue weighted by atomic mass is 35.5. The Morgan fingerprint density at radius 1 is 1.15 bits per heavy atom. The number of hydrogen-bond acceptors (Lipinski definition) is 7. The Labute approximate surface area is 208 Å². The van der Waals surface area contributed by atoms with Crippen LogP contribution in [0.1, 0.15) is 48.6 Å². The molecule has 0 aliphatic rings. The van der Waals surface area contributed by atoms with Crippen molar-refractivity contribution in [3.63, 3.8) is 0 Å². The molecule has 0 bridgehead atoms. The summed E-state index contributed by atoms with van der Waals surface area (Å²) in [6, 6.07) is 12.5. The number of nitrogens with one attached hydrogen (secondary N) is 1. The first-order valence-electron chi connectivity index (χ1n) is 10.9. The van der Waals surface area contributed by atoms with Crippen molar-refractivity contribution in [2.75, 3.05) is 17.7 Å². The van der Waals surface area contributed by atoms with Crippen LogP contribution in [0.2, 0.25) is 5.02 Å². The van der Waals surface area contributed by atoms with E-state index in [9.17, 15) is 9.59 Å². The first-order chi connectivity index (χ1) is 16.3. The Kier molecular flexibility index (Phi) is 8.95. The number of nitrogens with zero attached hydrogens (tertiary/aromatic N) is 3. The van der Waals surface area contributed by atoms with Gasteiger partial charge in [-0.3, -0.25) is 4.79 Å². The van der Waals surface area contributed by atoms with Gasteiger partial charge in [-0.2, -0.15) is 0 Å². The van der Waals surface area contributed by atoms with Gasteiger partial charge in [0.15, 0.2) is 17.1 Å². The molecular weight excluding hydrogens is 476 g/mol. The third-order valence-corrected chi connectivity index (χ3v) is 6.31. The van der Waals surface area contributed by atoms with Crippen molar-refractivity contribution < 1.29 is 19.1 Å². The highest BCUT2D eigenvalue weighted by Crippen LogP contribution is 2.26. The normalized spacial score (nSPS) is 11.7. The second-order valence-electron chi connectivity index (χ2n) is 7.41. The van der Waals surface area contributed by atoms with E-state index in [4.69, 9.17) is 21.1 Å². The average molecular weight is 503 g/mol. The number of benzene rings is 2. The largest absolute Gasteiger partial charge is 0.483 e. The second kappa shape index (κ2) is 11.9. The van der Waals surface area contributed by atoms with Crippen molar-refractivity contribution in [2.24, 2.45) is 7.05 Å². The number of ether oxygens (including phenoxy) is 2. The van der Waals surface area contributed by atoms with Crippen LogP contribution in [-0.2, 0) is 23.0 Å². The van der Waals surface area contributed by atoms with E-state index in [0.29, 0.717) is 27.3 Å². The predicted octanol–water partition coefficient (Wildman–Crippen LogP) is 5.08. The van der Waals surface area contributed by atoms with Gasteiger partial charge >= 0.3 is 5.97 Å². The van der Waals surface area contributed by atoms with Crippen molar-refractivity contribution in [3.05, 3.63) is 64.4 Å². The van der Waals surface area contributed by atoms with Crippen LogP contribution in [0.25, 0.3) is 0 Å².